The van der Waals surface area contributed by atoms with E-state index in [1.54, 1.807) is 0 Å². The first-order valence-electron chi connectivity index (χ1n) is 7.98. The summed E-state index contributed by atoms with van der Waals surface area (Å²) < 4.78 is 11.9. The average Bonchev–Trinajstić information content (AvgIpc) is 2.65. The van der Waals surface area contributed by atoms with Gasteiger partial charge in [-0.15, -0.1) is 12.4 Å². The Morgan fingerprint density at radius 1 is 0.808 bits per heavy atom. The number of hydrogen-bond acceptors (Lipinski definition) is 4. The number of nitrogens with zero attached hydrogens (tertiary/aromatic N) is 1. The lowest BCUT2D eigenvalue weighted by molar-refractivity contribution is 0.417. The largest absolute Gasteiger partial charge is 0.453 e. The molecule has 0 bridgehead atoms. The van der Waals surface area contributed by atoms with Gasteiger partial charge in [-0.05, 0) is 42.0 Å². The number of rotatable bonds is 6. The van der Waals surface area contributed by atoms with Gasteiger partial charge in [0.2, 0.25) is 0 Å². The molecule has 5 heteroatoms. The van der Waals surface area contributed by atoms with Crippen LogP contribution in [0.25, 0.3) is 0 Å². The molecule has 0 radical (unpaired) electrons. The lowest BCUT2D eigenvalue weighted by Crippen LogP contribution is -2.09. The summed E-state index contributed by atoms with van der Waals surface area (Å²) in [5.41, 5.74) is 6.88. The van der Waals surface area contributed by atoms with Gasteiger partial charge in [0.1, 0.15) is 11.5 Å². The first-order chi connectivity index (χ1) is 12.3. The van der Waals surface area contributed by atoms with Crippen LogP contribution in [0, 0.1) is 11.3 Å². The molecular formula is C21H19ClN2O2. The first-order valence-corrected chi connectivity index (χ1v) is 7.98. The summed E-state index contributed by atoms with van der Waals surface area (Å²) in [7, 11) is 0. The van der Waals surface area contributed by atoms with Crippen LogP contribution in [-0.2, 0) is 0 Å². The SMILES string of the molecule is Cl.N#CC[C@@H](N)c1ccc(Oc2ccccc2)c(Oc2ccccc2)c1. The van der Waals surface area contributed by atoms with E-state index in [1.807, 2.05) is 78.9 Å². The molecule has 4 nitrogen and oxygen atoms in total. The molecule has 0 unspecified atom stereocenters. The van der Waals surface area contributed by atoms with Crippen LogP contribution >= 0.6 is 12.4 Å². The van der Waals surface area contributed by atoms with E-state index in [-0.39, 0.29) is 24.9 Å². The molecule has 3 rings (SSSR count). The number of hydrogen-bond donors (Lipinski definition) is 1. The fraction of sp³-hybridized carbons (Fsp3) is 0.0952. The summed E-state index contributed by atoms with van der Waals surface area (Å²) >= 11 is 0. The van der Waals surface area contributed by atoms with Crippen LogP contribution in [0.3, 0.4) is 0 Å². The van der Waals surface area contributed by atoms with Crippen molar-refractivity contribution in [2.24, 2.45) is 5.73 Å². The summed E-state index contributed by atoms with van der Waals surface area (Å²) in [6.07, 6.45) is 0.240. The molecule has 0 fully saturated rings. The maximum Gasteiger partial charge on any atom is 0.170 e. The van der Waals surface area contributed by atoms with Gasteiger partial charge in [-0.3, -0.25) is 0 Å². The third-order valence-corrected chi connectivity index (χ3v) is 3.65. The number of halogens is 1. The van der Waals surface area contributed by atoms with Crippen molar-refractivity contribution in [3.05, 3.63) is 84.4 Å². The van der Waals surface area contributed by atoms with E-state index in [9.17, 15) is 0 Å². The monoisotopic (exact) mass is 366 g/mol. The van der Waals surface area contributed by atoms with Crippen molar-refractivity contribution in [1.82, 2.24) is 0 Å². The van der Waals surface area contributed by atoms with Gasteiger partial charge in [-0.2, -0.15) is 5.26 Å². The van der Waals surface area contributed by atoms with Crippen molar-refractivity contribution in [3.8, 4) is 29.1 Å². The van der Waals surface area contributed by atoms with Gasteiger partial charge in [0, 0.05) is 6.04 Å². The molecule has 2 N–H and O–H groups in total. The van der Waals surface area contributed by atoms with Crippen molar-refractivity contribution in [1.29, 1.82) is 5.26 Å². The van der Waals surface area contributed by atoms with Crippen LogP contribution in [-0.4, -0.2) is 0 Å². The number of ether oxygens (including phenoxy) is 2. The number of benzene rings is 3. The maximum absolute atomic E-state index is 8.87. The smallest absolute Gasteiger partial charge is 0.170 e. The van der Waals surface area contributed by atoms with Crippen LogP contribution in [0.2, 0.25) is 0 Å². The normalized spacial score (nSPS) is 10.9. The van der Waals surface area contributed by atoms with Crippen LogP contribution in [0.4, 0.5) is 0 Å². The Labute approximate surface area is 159 Å². The van der Waals surface area contributed by atoms with E-state index < -0.39 is 0 Å². The van der Waals surface area contributed by atoms with Gasteiger partial charge in [0.15, 0.2) is 11.5 Å². The standard InChI is InChI=1S/C21H18N2O2.ClH/c22-14-13-19(23)16-11-12-20(24-17-7-3-1-4-8-17)21(15-16)25-18-9-5-2-6-10-18;/h1-12,15,19H,13,23H2;1H/t19-;/m1./s1. The fourth-order valence-corrected chi connectivity index (χ4v) is 2.37. The highest BCUT2D eigenvalue weighted by Crippen LogP contribution is 2.36. The van der Waals surface area contributed by atoms with E-state index in [2.05, 4.69) is 6.07 Å². The maximum atomic E-state index is 8.87. The molecule has 0 aliphatic heterocycles. The molecular weight excluding hydrogens is 348 g/mol. The molecule has 0 heterocycles. The number of para-hydroxylation sites is 2. The Bertz CT molecular complexity index is 864. The molecule has 3 aromatic rings. The van der Waals surface area contributed by atoms with Gasteiger partial charge < -0.3 is 15.2 Å². The summed E-state index contributed by atoms with van der Waals surface area (Å²) in [5.74, 6) is 2.56. The zero-order valence-electron chi connectivity index (χ0n) is 14.0. The van der Waals surface area contributed by atoms with Crippen molar-refractivity contribution in [3.63, 3.8) is 0 Å². The molecule has 0 aromatic heterocycles. The van der Waals surface area contributed by atoms with Crippen molar-refractivity contribution in [2.75, 3.05) is 0 Å². The molecule has 0 spiro atoms. The van der Waals surface area contributed by atoms with Gasteiger partial charge in [0.25, 0.3) is 0 Å². The zero-order chi connectivity index (χ0) is 17.5. The van der Waals surface area contributed by atoms with Gasteiger partial charge in [0.05, 0.1) is 12.5 Å². The predicted molar refractivity (Wildman–Crippen MR) is 104 cm³/mol. The Morgan fingerprint density at radius 2 is 1.35 bits per heavy atom. The fourth-order valence-electron chi connectivity index (χ4n) is 2.37. The predicted octanol–water partition coefficient (Wildman–Crippen LogP) is 5.61. The molecule has 0 saturated carbocycles. The Hall–Kier alpha value is -3.00. The van der Waals surface area contributed by atoms with E-state index in [1.165, 1.54) is 0 Å². The van der Waals surface area contributed by atoms with Crippen molar-refractivity contribution >= 4 is 12.4 Å². The van der Waals surface area contributed by atoms with E-state index in [0.29, 0.717) is 17.2 Å². The Kier molecular flexibility index (Phi) is 7.04. The summed E-state index contributed by atoms with van der Waals surface area (Å²) in [4.78, 5) is 0. The molecule has 0 aliphatic carbocycles. The molecule has 0 amide bonds. The van der Waals surface area contributed by atoms with Gasteiger partial charge in [-0.25, -0.2) is 0 Å². The van der Waals surface area contributed by atoms with Crippen LogP contribution < -0.4 is 15.2 Å². The van der Waals surface area contributed by atoms with E-state index in [0.717, 1.165) is 11.3 Å². The molecule has 1 atom stereocenters. The highest BCUT2D eigenvalue weighted by Gasteiger charge is 2.13. The van der Waals surface area contributed by atoms with Crippen LogP contribution in [0.15, 0.2) is 78.9 Å². The molecule has 26 heavy (non-hydrogen) atoms. The zero-order valence-corrected chi connectivity index (χ0v) is 14.9. The first kappa shape index (κ1) is 19.3. The summed E-state index contributed by atoms with van der Waals surface area (Å²) in [5, 5.41) is 8.87. The highest BCUT2D eigenvalue weighted by molar-refractivity contribution is 5.85. The second kappa shape index (κ2) is 9.47. The van der Waals surface area contributed by atoms with E-state index >= 15 is 0 Å². The van der Waals surface area contributed by atoms with Crippen LogP contribution in [0.5, 0.6) is 23.0 Å². The lowest BCUT2D eigenvalue weighted by Gasteiger charge is -2.15. The number of nitriles is 1. The number of nitrogens with two attached hydrogens (primary N) is 1. The van der Waals surface area contributed by atoms with Crippen LogP contribution in [0.1, 0.15) is 18.0 Å². The minimum Gasteiger partial charge on any atom is -0.453 e. The minimum absolute atomic E-state index is 0. The Morgan fingerprint density at radius 3 is 1.88 bits per heavy atom. The van der Waals surface area contributed by atoms with Gasteiger partial charge in [-0.1, -0.05) is 42.5 Å². The molecule has 0 saturated heterocycles. The summed E-state index contributed by atoms with van der Waals surface area (Å²) in [6, 6.07) is 26.2. The summed E-state index contributed by atoms with van der Waals surface area (Å²) in [6.45, 7) is 0. The second-order valence-corrected chi connectivity index (χ2v) is 5.51. The lowest BCUT2D eigenvalue weighted by atomic mass is 10.0. The van der Waals surface area contributed by atoms with Crippen molar-refractivity contribution < 1.29 is 9.47 Å². The topological polar surface area (TPSA) is 68.3 Å². The van der Waals surface area contributed by atoms with Crippen molar-refractivity contribution in [2.45, 2.75) is 12.5 Å². The Balaban J connectivity index is 0.00000243. The molecule has 3 aromatic carbocycles. The molecule has 0 aliphatic rings. The van der Waals surface area contributed by atoms with Gasteiger partial charge >= 0.3 is 0 Å². The van der Waals surface area contributed by atoms with E-state index in [4.69, 9.17) is 20.5 Å². The quantitative estimate of drug-likeness (QED) is 0.615. The second-order valence-electron chi connectivity index (χ2n) is 5.51. The third kappa shape index (κ3) is 5.00. The average molecular weight is 367 g/mol. The third-order valence-electron chi connectivity index (χ3n) is 3.65. The molecule has 132 valence electrons. The minimum atomic E-state index is -0.367. The highest BCUT2D eigenvalue weighted by atomic mass is 35.5.